The van der Waals surface area contributed by atoms with Gasteiger partial charge in [0.1, 0.15) is 0 Å². The zero-order valence-corrected chi connectivity index (χ0v) is 4.89. The summed E-state index contributed by atoms with van der Waals surface area (Å²) in [5.74, 6) is 0. The second-order valence-electron chi connectivity index (χ2n) is 0. The van der Waals surface area contributed by atoms with Gasteiger partial charge in [-0.15, -0.1) is 0 Å². The van der Waals surface area contributed by atoms with Crippen LogP contribution in [0.5, 0.6) is 0 Å². The molecule has 0 N–H and O–H groups in total. The van der Waals surface area contributed by atoms with Crippen molar-refractivity contribution in [2.75, 3.05) is 0 Å². The molecule has 0 aliphatic rings. The summed E-state index contributed by atoms with van der Waals surface area (Å²) >= 11 is 0. The van der Waals surface area contributed by atoms with Crippen molar-refractivity contribution < 1.29 is 49.1 Å². The molecule has 1 radical (unpaired) electrons. The smallest absolute Gasteiger partial charge is 2.00 e. The Morgan fingerprint density at radius 1 is 0.750 bits per heavy atom. The minimum absolute atomic E-state index is 0. The van der Waals surface area contributed by atoms with Crippen molar-refractivity contribution in [1.82, 2.24) is 0 Å². The van der Waals surface area contributed by atoms with E-state index in [2.05, 4.69) is 0 Å². The van der Waals surface area contributed by atoms with Crippen LogP contribution in [0.4, 0.5) is 0 Å². The molecule has 2 nitrogen and oxygen atoms in total. The first-order chi connectivity index (χ1) is 0. The van der Waals surface area contributed by atoms with Gasteiger partial charge in [0.2, 0.25) is 0 Å². The molecule has 0 heterocycles. The fourth-order valence-electron chi connectivity index (χ4n) is 0. The van der Waals surface area contributed by atoms with Crippen LogP contribution in [0.3, 0.4) is 0 Å². The van der Waals surface area contributed by atoms with Gasteiger partial charge in [-0.05, 0) is 0 Å². The van der Waals surface area contributed by atoms with Gasteiger partial charge in [0.05, 0.1) is 0 Å². The van der Waals surface area contributed by atoms with Crippen LogP contribution in [-0.4, -0.2) is 17.4 Å². The van der Waals surface area contributed by atoms with Crippen molar-refractivity contribution in [3.63, 3.8) is 0 Å². The molecule has 0 saturated heterocycles. The van der Waals surface area contributed by atoms with Crippen LogP contribution < -0.4 is 0 Å². The van der Waals surface area contributed by atoms with Crippen molar-refractivity contribution in [2.45, 2.75) is 0 Å². The fraction of sp³-hybridized carbons (Fsp3) is 0. The van der Waals surface area contributed by atoms with Gasteiger partial charge in [-0.3, -0.25) is 0 Å². The molecule has 4 heavy (non-hydrogen) atoms. The van der Waals surface area contributed by atoms with Crippen LogP contribution in [0.15, 0.2) is 0 Å². The second-order valence-corrected chi connectivity index (χ2v) is 0. The largest absolute Gasteiger partial charge is 3.00 e. The first kappa shape index (κ1) is 42.9. The van der Waals surface area contributed by atoms with Gasteiger partial charge >= 0.3 is 55.5 Å². The van der Waals surface area contributed by atoms with Crippen molar-refractivity contribution in [3.8, 4) is 0 Å². The third-order valence-corrected chi connectivity index (χ3v) is 0. The molecule has 23 valence electrons. The predicted octanol–water partition coefficient (Wildman–Crippen LogP) is -0.618. The molecule has 0 aliphatic heterocycles. The molecule has 0 spiro atoms. The summed E-state index contributed by atoms with van der Waals surface area (Å²) in [6, 6.07) is 0. The van der Waals surface area contributed by atoms with Gasteiger partial charge in [0.25, 0.3) is 0 Å². The molecule has 0 aromatic rings. The molecule has 0 amide bonds. The Labute approximate surface area is 65.7 Å². The summed E-state index contributed by atoms with van der Waals surface area (Å²) < 4.78 is 0. The van der Waals surface area contributed by atoms with Crippen molar-refractivity contribution in [2.24, 2.45) is 0 Å². The Bertz CT molecular complexity index is 6.00. The van der Waals surface area contributed by atoms with Crippen LogP contribution in [0.2, 0.25) is 0 Å². The molecule has 0 fully saturated rings. The normalized spacial score (nSPS) is 0. The van der Waals surface area contributed by atoms with E-state index in [0.717, 1.165) is 0 Å². The maximum Gasteiger partial charge on any atom is 3.00 e. The summed E-state index contributed by atoms with van der Waals surface area (Å²) in [6.45, 7) is 0. The van der Waals surface area contributed by atoms with Crippen molar-refractivity contribution >= 4 is 17.4 Å². The summed E-state index contributed by atoms with van der Waals surface area (Å²) in [4.78, 5) is 0. The average Bonchev–Trinajstić information content (AvgIpc) is 0. The van der Waals surface area contributed by atoms with Gasteiger partial charge in [0.15, 0.2) is 0 Å². The van der Waals surface area contributed by atoms with E-state index in [9.17, 15) is 0 Å². The van der Waals surface area contributed by atoms with E-state index >= 15 is 0 Å². The van der Waals surface area contributed by atoms with E-state index < -0.39 is 0 Å². The minimum atomic E-state index is 0. The molecule has 4 heteroatoms. The first-order valence-electron chi connectivity index (χ1n) is 0. The quantitative estimate of drug-likeness (QED) is 0.490. The summed E-state index contributed by atoms with van der Waals surface area (Å²) in [7, 11) is 0. The van der Waals surface area contributed by atoms with Crippen LogP contribution in [0.1, 0.15) is 0 Å². The Balaban J connectivity index is 0. The van der Waals surface area contributed by atoms with Crippen LogP contribution in [0.25, 0.3) is 0 Å². The molecule has 0 aliphatic carbocycles. The van der Waals surface area contributed by atoms with Gasteiger partial charge in [-0.25, -0.2) is 0 Å². The Morgan fingerprint density at radius 3 is 0.750 bits per heavy atom. The van der Waals surface area contributed by atoms with Gasteiger partial charge in [0, 0.05) is 0 Å². The molecule has 0 bridgehead atoms. The van der Waals surface area contributed by atoms with Crippen LogP contribution >= 0.6 is 0 Å². The minimum Gasteiger partial charge on any atom is -2.00 e. The van der Waals surface area contributed by atoms with E-state index in [4.69, 9.17) is 0 Å². The molecule has 0 unspecified atom stereocenters. The summed E-state index contributed by atoms with van der Waals surface area (Å²) in [6.07, 6.45) is 0. The van der Waals surface area contributed by atoms with E-state index in [0.29, 0.717) is 0 Å². The molecular formula is AlDyO2+2. The molecular weight excluding hydrogens is 221 g/mol. The third-order valence-electron chi connectivity index (χ3n) is 0. The number of hydrogen-bond acceptors (Lipinski definition) is 0. The van der Waals surface area contributed by atoms with Crippen molar-refractivity contribution in [3.05, 3.63) is 0 Å². The van der Waals surface area contributed by atoms with E-state index in [1.54, 1.807) is 0 Å². The number of hydrogen-bond donors (Lipinski definition) is 0. The molecule has 0 saturated carbocycles. The Morgan fingerprint density at radius 2 is 0.750 bits per heavy atom. The fourth-order valence-corrected chi connectivity index (χ4v) is 0. The maximum atomic E-state index is 0. The average molecular weight is 221 g/mol. The SMILES string of the molecule is [Al+3].[Dy+3].[O-2].[O-2]. The maximum absolute atomic E-state index is 0. The molecule has 0 aromatic heterocycles. The van der Waals surface area contributed by atoms with E-state index in [1.807, 2.05) is 0 Å². The van der Waals surface area contributed by atoms with Crippen molar-refractivity contribution in [1.29, 1.82) is 0 Å². The third kappa shape index (κ3) is 9.30. The Kier molecular flexibility index (Phi) is 237. The van der Waals surface area contributed by atoms with Gasteiger partial charge in [-0.2, -0.15) is 0 Å². The molecule has 0 aromatic carbocycles. The second kappa shape index (κ2) is 22.0. The van der Waals surface area contributed by atoms with Gasteiger partial charge in [-0.1, -0.05) is 0 Å². The first-order valence-corrected chi connectivity index (χ1v) is 0. The standard InChI is InChI=1S/Al.Dy.2O/q2*+3;2*-2. The van der Waals surface area contributed by atoms with E-state index in [1.165, 1.54) is 0 Å². The number of rotatable bonds is 0. The predicted molar refractivity (Wildman–Crippen MR) is 7.13 cm³/mol. The van der Waals surface area contributed by atoms with E-state index in [-0.39, 0.29) is 66.5 Å². The summed E-state index contributed by atoms with van der Waals surface area (Å²) in [5, 5.41) is 0. The van der Waals surface area contributed by atoms with Crippen LogP contribution in [0, 0.1) is 38.2 Å². The topological polar surface area (TPSA) is 57.0 Å². The monoisotopic (exact) mass is 223 g/mol. The zero-order valence-electron chi connectivity index (χ0n) is 1.71. The zero-order chi connectivity index (χ0) is 0. The van der Waals surface area contributed by atoms with Gasteiger partial charge < -0.3 is 11.0 Å². The molecule has 0 atom stereocenters. The molecule has 0 rings (SSSR count). The van der Waals surface area contributed by atoms with Crippen LogP contribution in [-0.2, 0) is 11.0 Å². The Hall–Kier alpha value is 1.73. The summed E-state index contributed by atoms with van der Waals surface area (Å²) in [5.41, 5.74) is 0.